The van der Waals surface area contributed by atoms with Crippen molar-refractivity contribution in [3.8, 4) is 0 Å². The van der Waals surface area contributed by atoms with Crippen LogP contribution in [0.1, 0.15) is 45.1 Å². The van der Waals surface area contributed by atoms with E-state index in [2.05, 4.69) is 20.4 Å². The molecule has 2 aromatic rings. The molecule has 0 bridgehead atoms. The van der Waals surface area contributed by atoms with E-state index in [1.54, 1.807) is 24.3 Å². The van der Waals surface area contributed by atoms with Crippen molar-refractivity contribution in [2.24, 2.45) is 0 Å². The van der Waals surface area contributed by atoms with Crippen LogP contribution in [0.15, 0.2) is 42.6 Å². The van der Waals surface area contributed by atoms with Crippen LogP contribution in [0.3, 0.4) is 0 Å². The van der Waals surface area contributed by atoms with Crippen molar-refractivity contribution in [1.82, 2.24) is 10.3 Å². The molecule has 1 aromatic heterocycles. The van der Waals surface area contributed by atoms with Crippen molar-refractivity contribution >= 4 is 23.5 Å². The Kier molecular flexibility index (Phi) is 5.84. The number of nitrogens with zero attached hydrogens (tertiary/aromatic N) is 1. The van der Waals surface area contributed by atoms with E-state index in [0.717, 1.165) is 0 Å². The highest BCUT2D eigenvalue weighted by Gasteiger charge is 2.13. The van der Waals surface area contributed by atoms with Crippen LogP contribution in [0.4, 0.5) is 5.69 Å². The second-order valence-electron chi connectivity index (χ2n) is 5.58. The van der Waals surface area contributed by atoms with Gasteiger partial charge in [0.2, 0.25) is 0 Å². The summed E-state index contributed by atoms with van der Waals surface area (Å²) in [4.78, 5) is 39.7. The Bertz CT molecular complexity index is 785. The molecule has 1 aromatic carbocycles. The Morgan fingerprint density at radius 1 is 1.00 bits per heavy atom. The molecule has 0 aliphatic carbocycles. The zero-order valence-electron chi connectivity index (χ0n) is 14.2. The van der Waals surface area contributed by atoms with E-state index in [0.29, 0.717) is 16.8 Å². The summed E-state index contributed by atoms with van der Waals surface area (Å²) < 4.78 is 4.62. The molecule has 2 rings (SSSR count). The highest BCUT2D eigenvalue weighted by Crippen LogP contribution is 2.12. The largest absolute Gasteiger partial charge is 0.465 e. The lowest BCUT2D eigenvalue weighted by Gasteiger charge is -2.09. The van der Waals surface area contributed by atoms with Gasteiger partial charge in [0.25, 0.3) is 11.8 Å². The molecule has 0 saturated carbocycles. The monoisotopic (exact) mass is 341 g/mol. The third kappa shape index (κ3) is 4.87. The number of nitrogens with one attached hydrogen (secondary N) is 2. The Labute approximate surface area is 145 Å². The van der Waals surface area contributed by atoms with Gasteiger partial charge in [0, 0.05) is 23.5 Å². The molecule has 130 valence electrons. The topological polar surface area (TPSA) is 97.4 Å². The van der Waals surface area contributed by atoms with E-state index in [1.165, 1.54) is 25.4 Å². The summed E-state index contributed by atoms with van der Waals surface area (Å²) in [6.07, 6.45) is 1.41. The molecule has 2 amide bonds. The minimum absolute atomic E-state index is 0.0277. The Morgan fingerprint density at radius 3 is 2.28 bits per heavy atom. The van der Waals surface area contributed by atoms with E-state index in [-0.39, 0.29) is 23.6 Å². The zero-order chi connectivity index (χ0) is 18.4. The predicted molar refractivity (Wildman–Crippen MR) is 92.6 cm³/mol. The summed E-state index contributed by atoms with van der Waals surface area (Å²) in [7, 11) is 1.30. The maximum Gasteiger partial charge on any atom is 0.337 e. The first-order chi connectivity index (χ1) is 11.9. The molecular formula is C18H19N3O4. The molecule has 0 spiro atoms. The van der Waals surface area contributed by atoms with Crippen LogP contribution in [-0.2, 0) is 4.74 Å². The number of hydrogen-bond donors (Lipinski definition) is 2. The van der Waals surface area contributed by atoms with Gasteiger partial charge < -0.3 is 15.4 Å². The number of rotatable bonds is 5. The Balaban J connectivity index is 2.10. The highest BCUT2D eigenvalue weighted by atomic mass is 16.5. The van der Waals surface area contributed by atoms with Crippen LogP contribution in [0.2, 0.25) is 0 Å². The van der Waals surface area contributed by atoms with Gasteiger partial charge in [-0.3, -0.25) is 14.6 Å². The summed E-state index contributed by atoms with van der Waals surface area (Å²) in [5, 5.41) is 5.42. The first kappa shape index (κ1) is 18.1. The van der Waals surface area contributed by atoms with Crippen molar-refractivity contribution < 1.29 is 19.1 Å². The number of amides is 2. The van der Waals surface area contributed by atoms with Crippen molar-refractivity contribution in [1.29, 1.82) is 0 Å². The maximum absolute atomic E-state index is 12.3. The number of carbonyl (C=O) groups excluding carboxylic acids is 3. The second-order valence-corrected chi connectivity index (χ2v) is 5.58. The number of anilines is 1. The quantitative estimate of drug-likeness (QED) is 0.813. The van der Waals surface area contributed by atoms with Gasteiger partial charge in [-0.1, -0.05) is 0 Å². The van der Waals surface area contributed by atoms with E-state index in [4.69, 9.17) is 0 Å². The van der Waals surface area contributed by atoms with Crippen LogP contribution in [-0.4, -0.2) is 35.9 Å². The van der Waals surface area contributed by atoms with Crippen molar-refractivity contribution in [2.75, 3.05) is 12.4 Å². The third-order valence-corrected chi connectivity index (χ3v) is 3.24. The molecule has 7 heteroatoms. The molecule has 7 nitrogen and oxygen atoms in total. The smallest absolute Gasteiger partial charge is 0.337 e. The van der Waals surface area contributed by atoms with Gasteiger partial charge in [-0.15, -0.1) is 0 Å². The van der Waals surface area contributed by atoms with Crippen molar-refractivity contribution in [3.05, 3.63) is 59.4 Å². The van der Waals surface area contributed by atoms with Gasteiger partial charge in [-0.2, -0.15) is 0 Å². The summed E-state index contributed by atoms with van der Waals surface area (Å²) >= 11 is 0. The van der Waals surface area contributed by atoms with Gasteiger partial charge in [0.1, 0.15) is 5.69 Å². The van der Waals surface area contributed by atoms with Gasteiger partial charge in [0.05, 0.1) is 12.7 Å². The van der Waals surface area contributed by atoms with Gasteiger partial charge in [-0.05, 0) is 50.2 Å². The van der Waals surface area contributed by atoms with Gasteiger partial charge in [0.15, 0.2) is 0 Å². The Morgan fingerprint density at radius 2 is 1.68 bits per heavy atom. The number of hydrogen-bond acceptors (Lipinski definition) is 5. The van der Waals surface area contributed by atoms with E-state index < -0.39 is 5.97 Å². The van der Waals surface area contributed by atoms with Gasteiger partial charge >= 0.3 is 5.97 Å². The van der Waals surface area contributed by atoms with Crippen LogP contribution in [0, 0.1) is 0 Å². The summed E-state index contributed by atoms with van der Waals surface area (Å²) in [6.45, 7) is 3.68. The fourth-order valence-corrected chi connectivity index (χ4v) is 2.04. The SMILES string of the molecule is COC(=O)c1ccc(NC(=O)c2ccnc(C(=O)NC(C)C)c2)cc1. The minimum Gasteiger partial charge on any atom is -0.465 e. The van der Waals surface area contributed by atoms with E-state index in [1.807, 2.05) is 13.8 Å². The number of benzene rings is 1. The summed E-state index contributed by atoms with van der Waals surface area (Å²) in [5.74, 6) is -1.17. The second kappa shape index (κ2) is 8.05. The lowest BCUT2D eigenvalue weighted by Crippen LogP contribution is -2.31. The standard InChI is InChI=1S/C18H19N3O4/c1-11(2)20-17(23)15-10-13(8-9-19-15)16(22)21-14-6-4-12(5-7-14)18(24)25-3/h4-11H,1-3H3,(H,20,23)(H,21,22). The van der Waals surface area contributed by atoms with E-state index in [9.17, 15) is 14.4 Å². The van der Waals surface area contributed by atoms with Crippen molar-refractivity contribution in [3.63, 3.8) is 0 Å². The fraction of sp³-hybridized carbons (Fsp3) is 0.222. The highest BCUT2D eigenvalue weighted by molar-refractivity contribution is 6.05. The molecule has 0 unspecified atom stereocenters. The van der Waals surface area contributed by atoms with E-state index >= 15 is 0 Å². The molecule has 0 aliphatic heterocycles. The lowest BCUT2D eigenvalue weighted by molar-refractivity contribution is 0.0600. The van der Waals surface area contributed by atoms with Crippen molar-refractivity contribution in [2.45, 2.75) is 19.9 Å². The van der Waals surface area contributed by atoms with Crippen LogP contribution in [0.5, 0.6) is 0 Å². The molecule has 0 radical (unpaired) electrons. The first-order valence-electron chi connectivity index (χ1n) is 7.67. The molecular weight excluding hydrogens is 322 g/mol. The molecule has 0 fully saturated rings. The fourth-order valence-electron chi connectivity index (χ4n) is 2.04. The molecule has 2 N–H and O–H groups in total. The number of carbonyl (C=O) groups is 3. The molecule has 0 aliphatic rings. The van der Waals surface area contributed by atoms with Crippen LogP contribution >= 0.6 is 0 Å². The van der Waals surface area contributed by atoms with Crippen LogP contribution in [0.25, 0.3) is 0 Å². The number of esters is 1. The number of aromatic nitrogens is 1. The number of pyridine rings is 1. The average Bonchev–Trinajstić information content (AvgIpc) is 2.61. The lowest BCUT2D eigenvalue weighted by atomic mass is 10.1. The Hall–Kier alpha value is -3.22. The summed E-state index contributed by atoms with van der Waals surface area (Å²) in [5.41, 5.74) is 1.38. The normalized spacial score (nSPS) is 10.2. The zero-order valence-corrected chi connectivity index (χ0v) is 14.2. The minimum atomic E-state index is -0.451. The summed E-state index contributed by atoms with van der Waals surface area (Å²) in [6, 6.07) is 9.21. The number of methoxy groups -OCH3 is 1. The molecule has 1 heterocycles. The predicted octanol–water partition coefficient (Wildman–Crippen LogP) is 2.26. The first-order valence-corrected chi connectivity index (χ1v) is 7.67. The maximum atomic E-state index is 12.3. The average molecular weight is 341 g/mol. The third-order valence-electron chi connectivity index (χ3n) is 3.24. The number of ether oxygens (including phenoxy) is 1. The molecule has 0 saturated heterocycles. The van der Waals surface area contributed by atoms with Crippen LogP contribution < -0.4 is 10.6 Å². The molecule has 0 atom stereocenters. The molecule has 25 heavy (non-hydrogen) atoms. The van der Waals surface area contributed by atoms with Gasteiger partial charge in [-0.25, -0.2) is 4.79 Å².